The van der Waals surface area contributed by atoms with Gasteiger partial charge in [0.05, 0.1) is 18.4 Å². The molecule has 1 rings (SSSR count). The molecule has 1 aliphatic heterocycles. The summed E-state index contributed by atoms with van der Waals surface area (Å²) >= 11 is 0. The van der Waals surface area contributed by atoms with Gasteiger partial charge in [-0.1, -0.05) is 0 Å². The number of ether oxygens (including phenoxy) is 2. The van der Waals surface area contributed by atoms with Gasteiger partial charge in [0.2, 0.25) is 0 Å². The Labute approximate surface area is 90.6 Å². The van der Waals surface area contributed by atoms with Crippen molar-refractivity contribution < 1.29 is 14.3 Å². The summed E-state index contributed by atoms with van der Waals surface area (Å²) in [6, 6.07) is 0.00333. The van der Waals surface area contributed by atoms with E-state index in [2.05, 4.69) is 5.32 Å². The predicted molar refractivity (Wildman–Crippen MR) is 57.5 cm³/mol. The lowest BCUT2D eigenvalue weighted by Gasteiger charge is -2.25. The maximum atomic E-state index is 11.4. The van der Waals surface area contributed by atoms with E-state index in [0.29, 0.717) is 0 Å². The molecule has 1 N–H and O–H groups in total. The van der Waals surface area contributed by atoms with Crippen LogP contribution in [0.3, 0.4) is 0 Å². The molecule has 1 heterocycles. The van der Waals surface area contributed by atoms with Crippen molar-refractivity contribution in [3.05, 3.63) is 12.3 Å². The number of amides is 1. The first-order valence-electron chi connectivity index (χ1n) is 5.18. The summed E-state index contributed by atoms with van der Waals surface area (Å²) in [5, 5.41) is 2.78. The van der Waals surface area contributed by atoms with Crippen molar-refractivity contribution in [1.82, 2.24) is 5.32 Å². The van der Waals surface area contributed by atoms with Gasteiger partial charge in [-0.25, -0.2) is 4.79 Å². The number of carbonyl (C=O) groups is 1. The molecule has 0 unspecified atom stereocenters. The maximum absolute atomic E-state index is 11.4. The lowest BCUT2D eigenvalue weighted by molar-refractivity contribution is 0.0485. The Bertz CT molecular complexity index is 255. The molecule has 0 fully saturated rings. The molecule has 0 bridgehead atoms. The first-order chi connectivity index (χ1) is 6.87. The average Bonchev–Trinajstić information content (AvgIpc) is 1.99. The molecule has 0 aromatic carbocycles. The SMILES string of the molecule is C[C@@H]1C[C@H](NC(=O)OC(C)(C)C)C=CO1. The fourth-order valence-corrected chi connectivity index (χ4v) is 1.33. The fraction of sp³-hybridized carbons (Fsp3) is 0.727. The second-order valence-electron chi connectivity index (χ2n) is 4.76. The van der Waals surface area contributed by atoms with Crippen LogP contribution < -0.4 is 5.32 Å². The van der Waals surface area contributed by atoms with Gasteiger partial charge < -0.3 is 14.8 Å². The van der Waals surface area contributed by atoms with Crippen LogP contribution in [0.5, 0.6) is 0 Å². The highest BCUT2D eigenvalue weighted by molar-refractivity contribution is 5.68. The lowest BCUT2D eigenvalue weighted by atomic mass is 10.1. The van der Waals surface area contributed by atoms with E-state index in [1.54, 1.807) is 6.26 Å². The molecular formula is C11H19NO3. The topological polar surface area (TPSA) is 47.6 Å². The highest BCUT2D eigenvalue weighted by Crippen LogP contribution is 2.12. The smallest absolute Gasteiger partial charge is 0.408 e. The third kappa shape index (κ3) is 4.72. The zero-order chi connectivity index (χ0) is 11.5. The van der Waals surface area contributed by atoms with Crippen molar-refractivity contribution >= 4 is 6.09 Å². The van der Waals surface area contributed by atoms with Crippen LogP contribution in [0.15, 0.2) is 12.3 Å². The average molecular weight is 213 g/mol. The Morgan fingerprint density at radius 1 is 1.53 bits per heavy atom. The van der Waals surface area contributed by atoms with Gasteiger partial charge in [0.25, 0.3) is 0 Å². The normalized spacial score (nSPS) is 25.6. The number of nitrogens with one attached hydrogen (secondary N) is 1. The molecular weight excluding hydrogens is 194 g/mol. The van der Waals surface area contributed by atoms with Crippen LogP contribution in [0, 0.1) is 0 Å². The fourth-order valence-electron chi connectivity index (χ4n) is 1.33. The van der Waals surface area contributed by atoms with Gasteiger partial charge in [0.1, 0.15) is 5.60 Å². The zero-order valence-electron chi connectivity index (χ0n) is 9.74. The van der Waals surface area contributed by atoms with Crippen LogP contribution >= 0.6 is 0 Å². The van der Waals surface area contributed by atoms with E-state index in [1.807, 2.05) is 33.8 Å². The number of hydrogen-bond acceptors (Lipinski definition) is 3. The van der Waals surface area contributed by atoms with Crippen LogP contribution in [0.25, 0.3) is 0 Å². The number of carbonyl (C=O) groups excluding carboxylic acids is 1. The summed E-state index contributed by atoms with van der Waals surface area (Å²) in [5.41, 5.74) is -0.454. The van der Waals surface area contributed by atoms with E-state index in [1.165, 1.54) is 0 Å². The Kier molecular flexibility index (Phi) is 3.61. The van der Waals surface area contributed by atoms with Gasteiger partial charge in [-0.15, -0.1) is 0 Å². The highest BCUT2D eigenvalue weighted by atomic mass is 16.6. The molecule has 0 aliphatic carbocycles. The molecule has 0 aromatic heterocycles. The molecule has 86 valence electrons. The lowest BCUT2D eigenvalue weighted by Crippen LogP contribution is -2.40. The molecule has 0 saturated heterocycles. The standard InChI is InChI=1S/C11H19NO3/c1-8-7-9(5-6-14-8)12-10(13)15-11(2,3)4/h5-6,8-9H,7H2,1-4H3,(H,12,13)/t8-,9-/m1/s1. The van der Waals surface area contributed by atoms with Crippen LogP contribution in [-0.2, 0) is 9.47 Å². The predicted octanol–water partition coefficient (Wildman–Crippen LogP) is 2.20. The minimum absolute atomic E-state index is 0.00333. The van der Waals surface area contributed by atoms with E-state index < -0.39 is 5.60 Å². The molecule has 0 saturated carbocycles. The van der Waals surface area contributed by atoms with Crippen molar-refractivity contribution in [3.63, 3.8) is 0 Å². The van der Waals surface area contributed by atoms with Crippen LogP contribution in [-0.4, -0.2) is 23.8 Å². The minimum atomic E-state index is -0.454. The number of rotatable bonds is 1. The summed E-state index contributed by atoms with van der Waals surface area (Å²) < 4.78 is 10.4. The monoisotopic (exact) mass is 213 g/mol. The second-order valence-corrected chi connectivity index (χ2v) is 4.76. The van der Waals surface area contributed by atoms with Crippen molar-refractivity contribution in [2.75, 3.05) is 0 Å². The molecule has 0 spiro atoms. The quantitative estimate of drug-likeness (QED) is 0.726. The zero-order valence-corrected chi connectivity index (χ0v) is 9.74. The summed E-state index contributed by atoms with van der Waals surface area (Å²) in [4.78, 5) is 11.4. The van der Waals surface area contributed by atoms with E-state index in [4.69, 9.17) is 9.47 Å². The van der Waals surface area contributed by atoms with Crippen LogP contribution in [0.1, 0.15) is 34.1 Å². The van der Waals surface area contributed by atoms with E-state index in [-0.39, 0.29) is 18.2 Å². The Morgan fingerprint density at radius 3 is 2.73 bits per heavy atom. The Balaban J connectivity index is 2.38. The Hall–Kier alpha value is -1.19. The van der Waals surface area contributed by atoms with Crippen molar-refractivity contribution in [3.8, 4) is 0 Å². The maximum Gasteiger partial charge on any atom is 0.408 e. The third-order valence-electron chi connectivity index (χ3n) is 1.91. The van der Waals surface area contributed by atoms with E-state index >= 15 is 0 Å². The summed E-state index contributed by atoms with van der Waals surface area (Å²) in [7, 11) is 0. The molecule has 0 radical (unpaired) electrons. The summed E-state index contributed by atoms with van der Waals surface area (Å²) in [5.74, 6) is 0. The van der Waals surface area contributed by atoms with Crippen LogP contribution in [0.2, 0.25) is 0 Å². The van der Waals surface area contributed by atoms with Crippen molar-refractivity contribution in [1.29, 1.82) is 0 Å². The molecule has 4 nitrogen and oxygen atoms in total. The third-order valence-corrected chi connectivity index (χ3v) is 1.91. The molecule has 4 heteroatoms. The summed E-state index contributed by atoms with van der Waals surface area (Å²) in [6.45, 7) is 7.49. The van der Waals surface area contributed by atoms with Crippen molar-refractivity contribution in [2.45, 2.75) is 51.9 Å². The number of hydrogen-bond donors (Lipinski definition) is 1. The van der Waals surface area contributed by atoms with Gasteiger partial charge in [0.15, 0.2) is 0 Å². The first-order valence-corrected chi connectivity index (χ1v) is 5.18. The van der Waals surface area contributed by atoms with E-state index in [9.17, 15) is 4.79 Å². The van der Waals surface area contributed by atoms with Crippen LogP contribution in [0.4, 0.5) is 4.79 Å². The Morgan fingerprint density at radius 2 is 2.20 bits per heavy atom. The largest absolute Gasteiger partial charge is 0.498 e. The molecule has 2 atom stereocenters. The van der Waals surface area contributed by atoms with Gasteiger partial charge in [-0.3, -0.25) is 0 Å². The first kappa shape index (κ1) is 11.9. The highest BCUT2D eigenvalue weighted by Gasteiger charge is 2.21. The molecule has 1 amide bonds. The van der Waals surface area contributed by atoms with Gasteiger partial charge >= 0.3 is 6.09 Å². The van der Waals surface area contributed by atoms with Gasteiger partial charge in [-0.2, -0.15) is 0 Å². The molecule has 1 aliphatic rings. The van der Waals surface area contributed by atoms with Crippen molar-refractivity contribution in [2.24, 2.45) is 0 Å². The van der Waals surface area contributed by atoms with Gasteiger partial charge in [-0.05, 0) is 33.8 Å². The summed E-state index contributed by atoms with van der Waals surface area (Å²) in [6.07, 6.45) is 3.97. The van der Waals surface area contributed by atoms with E-state index in [0.717, 1.165) is 6.42 Å². The number of alkyl carbamates (subject to hydrolysis) is 1. The second kappa shape index (κ2) is 4.55. The van der Waals surface area contributed by atoms with Gasteiger partial charge in [0, 0.05) is 6.42 Å². The minimum Gasteiger partial charge on any atom is -0.498 e. The molecule has 0 aromatic rings. The molecule has 15 heavy (non-hydrogen) atoms.